The minimum Gasteiger partial charge on any atom is -0.456 e. The first-order chi connectivity index (χ1) is 24.8. The minimum atomic E-state index is 0.814. The zero-order valence-corrected chi connectivity index (χ0v) is 27.4. The van der Waals surface area contributed by atoms with E-state index in [0.717, 1.165) is 33.9 Å². The lowest BCUT2D eigenvalue weighted by Crippen LogP contribution is -1.98. The van der Waals surface area contributed by atoms with Crippen LogP contribution in [-0.2, 0) is 6.42 Å². The Labute approximate surface area is 290 Å². The van der Waals surface area contributed by atoms with Crippen LogP contribution in [0.3, 0.4) is 0 Å². The fourth-order valence-corrected chi connectivity index (χ4v) is 8.14. The van der Waals surface area contributed by atoms with E-state index < -0.39 is 0 Å². The van der Waals surface area contributed by atoms with Gasteiger partial charge in [0.2, 0.25) is 0 Å². The molecule has 0 bridgehead atoms. The van der Waals surface area contributed by atoms with Gasteiger partial charge in [-0.25, -0.2) is 0 Å². The molecule has 0 unspecified atom stereocenters. The maximum atomic E-state index is 6.59. The molecule has 1 heteroatoms. The molecule has 234 valence electrons. The summed E-state index contributed by atoms with van der Waals surface area (Å²) in [5, 5.41) is 9.89. The molecule has 0 spiro atoms. The lowest BCUT2D eigenvalue weighted by Gasteiger charge is -2.20. The van der Waals surface area contributed by atoms with Crippen LogP contribution in [0, 0.1) is 0 Å². The number of para-hydroxylation sites is 1. The van der Waals surface area contributed by atoms with Gasteiger partial charge in [-0.15, -0.1) is 0 Å². The molecule has 0 saturated heterocycles. The van der Waals surface area contributed by atoms with Crippen molar-refractivity contribution >= 4 is 54.3 Å². The quantitative estimate of drug-likeness (QED) is 0.171. The average Bonchev–Trinajstić information content (AvgIpc) is 3.57. The second-order valence-electron chi connectivity index (χ2n) is 13.2. The summed E-state index contributed by atoms with van der Waals surface area (Å²) in [6, 6.07) is 65.9. The smallest absolute Gasteiger partial charge is 0.136 e. The first-order valence-corrected chi connectivity index (χ1v) is 17.3. The molecule has 0 atom stereocenters. The van der Waals surface area contributed by atoms with Gasteiger partial charge in [-0.2, -0.15) is 0 Å². The molecule has 0 amide bonds. The van der Waals surface area contributed by atoms with Crippen molar-refractivity contribution in [1.82, 2.24) is 0 Å². The molecule has 0 N–H and O–H groups in total. The van der Waals surface area contributed by atoms with Crippen LogP contribution in [0.4, 0.5) is 0 Å². The molecule has 1 aromatic heterocycles. The van der Waals surface area contributed by atoms with Gasteiger partial charge in [0, 0.05) is 10.8 Å². The predicted octanol–water partition coefficient (Wildman–Crippen LogP) is 13.6. The molecule has 9 aromatic carbocycles. The van der Waals surface area contributed by atoms with E-state index >= 15 is 0 Å². The van der Waals surface area contributed by atoms with E-state index in [4.69, 9.17) is 4.42 Å². The van der Waals surface area contributed by atoms with Crippen LogP contribution in [0.1, 0.15) is 11.1 Å². The van der Waals surface area contributed by atoms with Crippen LogP contribution >= 0.6 is 0 Å². The lowest BCUT2D eigenvalue weighted by molar-refractivity contribution is 0.669. The van der Waals surface area contributed by atoms with Gasteiger partial charge < -0.3 is 4.42 Å². The Morgan fingerprint density at radius 3 is 1.72 bits per heavy atom. The third-order valence-electron chi connectivity index (χ3n) is 10.4. The molecule has 1 nitrogen and oxygen atoms in total. The molecule has 10 rings (SSSR count). The fourth-order valence-electron chi connectivity index (χ4n) is 8.14. The highest BCUT2D eigenvalue weighted by Crippen LogP contribution is 2.47. The molecule has 10 aromatic rings. The summed E-state index contributed by atoms with van der Waals surface area (Å²) in [6.45, 7) is 0. The number of fused-ring (bicyclic) bond motifs is 6. The largest absolute Gasteiger partial charge is 0.456 e. The van der Waals surface area contributed by atoms with E-state index in [2.05, 4.69) is 182 Å². The number of furan rings is 1. The van der Waals surface area contributed by atoms with E-state index in [1.165, 1.54) is 71.3 Å². The summed E-state index contributed by atoms with van der Waals surface area (Å²) in [5.41, 5.74) is 11.8. The van der Waals surface area contributed by atoms with E-state index in [1.54, 1.807) is 0 Å². The Kier molecular flexibility index (Phi) is 6.63. The number of benzene rings is 9. The Morgan fingerprint density at radius 2 is 0.940 bits per heavy atom. The number of hydrogen-bond donors (Lipinski definition) is 0. The van der Waals surface area contributed by atoms with Gasteiger partial charge in [-0.1, -0.05) is 164 Å². The summed E-state index contributed by atoms with van der Waals surface area (Å²) in [7, 11) is 0. The number of rotatable bonds is 5. The molecule has 0 saturated carbocycles. The predicted molar refractivity (Wildman–Crippen MR) is 212 cm³/mol. The molecule has 0 aliphatic carbocycles. The Morgan fingerprint density at radius 1 is 0.360 bits per heavy atom. The standard InChI is InChI=1S/C49H32O/c1-2-15-32(16-3-1)35-30-45(49-43-26-12-13-28-46(43)50-47(49)31-35)48-41-24-10-8-22-39(41)44(40-23-9-11-25-42(40)48)29-34-18-5-7-21-37(34)38-27-14-19-33-17-4-6-20-36(33)38/h1-28,30-31H,29H2. The van der Waals surface area contributed by atoms with Crippen LogP contribution in [-0.4, -0.2) is 0 Å². The van der Waals surface area contributed by atoms with Crippen molar-refractivity contribution < 1.29 is 4.42 Å². The zero-order chi connectivity index (χ0) is 33.0. The summed E-state index contributed by atoms with van der Waals surface area (Å²) in [4.78, 5) is 0. The van der Waals surface area contributed by atoms with Gasteiger partial charge in [0.15, 0.2) is 0 Å². The van der Waals surface area contributed by atoms with Gasteiger partial charge in [-0.05, 0) is 101 Å². The molecule has 50 heavy (non-hydrogen) atoms. The monoisotopic (exact) mass is 636 g/mol. The van der Waals surface area contributed by atoms with Crippen molar-refractivity contribution in [3.63, 3.8) is 0 Å². The highest BCUT2D eigenvalue weighted by atomic mass is 16.3. The average molecular weight is 637 g/mol. The van der Waals surface area contributed by atoms with Gasteiger partial charge in [-0.3, -0.25) is 0 Å². The molecule has 1 heterocycles. The second-order valence-corrected chi connectivity index (χ2v) is 13.2. The lowest BCUT2D eigenvalue weighted by atomic mass is 9.83. The van der Waals surface area contributed by atoms with Crippen LogP contribution in [0.5, 0.6) is 0 Å². The van der Waals surface area contributed by atoms with Crippen molar-refractivity contribution in [1.29, 1.82) is 0 Å². The SMILES string of the molecule is c1ccc(-c2cc(-c3c4ccccc4c(Cc4ccccc4-c4cccc5ccccc45)c4ccccc34)c3c(c2)oc2ccccc23)cc1. The van der Waals surface area contributed by atoms with Crippen molar-refractivity contribution in [3.05, 3.63) is 193 Å². The molecule has 0 aliphatic rings. The van der Waals surface area contributed by atoms with E-state index in [-0.39, 0.29) is 0 Å². The highest BCUT2D eigenvalue weighted by molar-refractivity contribution is 6.23. The summed E-state index contributed by atoms with van der Waals surface area (Å²) < 4.78 is 6.59. The van der Waals surface area contributed by atoms with E-state index in [0.29, 0.717) is 0 Å². The summed E-state index contributed by atoms with van der Waals surface area (Å²) in [5.74, 6) is 0. The fraction of sp³-hybridized carbons (Fsp3) is 0.0204. The van der Waals surface area contributed by atoms with Gasteiger partial charge in [0.25, 0.3) is 0 Å². The second kappa shape index (κ2) is 11.6. The minimum absolute atomic E-state index is 0.814. The van der Waals surface area contributed by atoms with Crippen molar-refractivity contribution in [2.75, 3.05) is 0 Å². The van der Waals surface area contributed by atoms with Crippen LogP contribution in [0.15, 0.2) is 186 Å². The van der Waals surface area contributed by atoms with Crippen LogP contribution in [0.25, 0.3) is 87.6 Å². The van der Waals surface area contributed by atoms with Crippen molar-refractivity contribution in [3.8, 4) is 33.4 Å². The topological polar surface area (TPSA) is 13.1 Å². The highest BCUT2D eigenvalue weighted by Gasteiger charge is 2.21. The summed E-state index contributed by atoms with van der Waals surface area (Å²) >= 11 is 0. The van der Waals surface area contributed by atoms with Crippen LogP contribution in [0.2, 0.25) is 0 Å². The summed E-state index contributed by atoms with van der Waals surface area (Å²) in [6.07, 6.45) is 0.814. The Bertz CT molecular complexity index is 2830. The molecule has 0 aliphatic heterocycles. The zero-order valence-electron chi connectivity index (χ0n) is 27.4. The molecular formula is C49H32O. The molecule has 0 radical (unpaired) electrons. The Balaban J connectivity index is 1.26. The third kappa shape index (κ3) is 4.55. The van der Waals surface area contributed by atoms with Gasteiger partial charge in [0.1, 0.15) is 11.2 Å². The first-order valence-electron chi connectivity index (χ1n) is 17.3. The van der Waals surface area contributed by atoms with E-state index in [9.17, 15) is 0 Å². The van der Waals surface area contributed by atoms with Gasteiger partial charge >= 0.3 is 0 Å². The normalized spacial score (nSPS) is 11.7. The maximum absolute atomic E-state index is 6.59. The Hall–Kier alpha value is -6.44. The van der Waals surface area contributed by atoms with Gasteiger partial charge in [0.05, 0.1) is 0 Å². The third-order valence-corrected chi connectivity index (χ3v) is 10.4. The first kappa shape index (κ1) is 28.6. The number of hydrogen-bond acceptors (Lipinski definition) is 1. The van der Waals surface area contributed by atoms with Crippen molar-refractivity contribution in [2.24, 2.45) is 0 Å². The molecule has 0 fully saturated rings. The van der Waals surface area contributed by atoms with Crippen LogP contribution < -0.4 is 0 Å². The molecular weight excluding hydrogens is 605 g/mol. The van der Waals surface area contributed by atoms with Crippen molar-refractivity contribution in [2.45, 2.75) is 6.42 Å². The van der Waals surface area contributed by atoms with E-state index in [1.807, 2.05) is 0 Å². The maximum Gasteiger partial charge on any atom is 0.136 e.